The molecule has 2 aliphatic rings. The van der Waals surface area contributed by atoms with E-state index >= 15 is 0 Å². The van der Waals surface area contributed by atoms with Gasteiger partial charge < -0.3 is 15.4 Å². The number of halogens is 2. The lowest BCUT2D eigenvalue weighted by Gasteiger charge is -2.35. The Morgan fingerprint density at radius 3 is 2.50 bits per heavy atom. The molecular weight excluding hydrogens is 325 g/mol. The van der Waals surface area contributed by atoms with Gasteiger partial charge in [-0.3, -0.25) is 9.69 Å². The second kappa shape index (κ2) is 11.5. The molecule has 0 saturated carbocycles. The molecule has 7 heteroatoms. The SMILES string of the molecule is CC1CN(CCCNC(=O)C2CCCCN2)CC(C)O1.Cl.Cl. The van der Waals surface area contributed by atoms with Gasteiger partial charge in [0.05, 0.1) is 18.2 Å². The lowest BCUT2D eigenvalue weighted by Crippen LogP contribution is -2.48. The predicted molar refractivity (Wildman–Crippen MR) is 94.2 cm³/mol. The van der Waals surface area contributed by atoms with E-state index in [4.69, 9.17) is 4.74 Å². The van der Waals surface area contributed by atoms with Gasteiger partial charge in [-0.25, -0.2) is 0 Å². The van der Waals surface area contributed by atoms with E-state index in [1.807, 2.05) is 0 Å². The molecule has 0 aromatic heterocycles. The molecule has 5 nitrogen and oxygen atoms in total. The summed E-state index contributed by atoms with van der Waals surface area (Å²) in [4.78, 5) is 14.4. The minimum Gasteiger partial charge on any atom is -0.373 e. The van der Waals surface area contributed by atoms with Gasteiger partial charge in [0.2, 0.25) is 5.91 Å². The van der Waals surface area contributed by atoms with Crippen LogP contribution in [0.3, 0.4) is 0 Å². The van der Waals surface area contributed by atoms with Gasteiger partial charge in [0.25, 0.3) is 0 Å². The molecule has 0 aromatic carbocycles. The summed E-state index contributed by atoms with van der Waals surface area (Å²) in [7, 11) is 0. The Kier molecular flexibility index (Phi) is 11.4. The summed E-state index contributed by atoms with van der Waals surface area (Å²) in [5.41, 5.74) is 0. The molecule has 2 fully saturated rings. The van der Waals surface area contributed by atoms with Crippen molar-refractivity contribution in [2.45, 2.75) is 57.8 Å². The van der Waals surface area contributed by atoms with E-state index in [0.717, 1.165) is 52.0 Å². The number of ether oxygens (including phenoxy) is 1. The Hall–Kier alpha value is -0.0700. The van der Waals surface area contributed by atoms with Crippen LogP contribution < -0.4 is 10.6 Å². The molecule has 2 saturated heterocycles. The Morgan fingerprint density at radius 1 is 1.23 bits per heavy atom. The average Bonchev–Trinajstić information content (AvgIpc) is 2.43. The van der Waals surface area contributed by atoms with Gasteiger partial charge in [-0.2, -0.15) is 0 Å². The van der Waals surface area contributed by atoms with Gasteiger partial charge in [-0.1, -0.05) is 6.42 Å². The Morgan fingerprint density at radius 2 is 1.91 bits per heavy atom. The molecule has 3 unspecified atom stereocenters. The van der Waals surface area contributed by atoms with E-state index in [-0.39, 0.29) is 36.8 Å². The van der Waals surface area contributed by atoms with Crippen LogP contribution in [0.4, 0.5) is 0 Å². The third-order valence-corrected chi connectivity index (χ3v) is 4.07. The second-order valence-electron chi connectivity index (χ2n) is 6.16. The van der Waals surface area contributed by atoms with E-state index in [2.05, 4.69) is 29.4 Å². The van der Waals surface area contributed by atoms with Crippen molar-refractivity contribution in [1.82, 2.24) is 15.5 Å². The summed E-state index contributed by atoms with van der Waals surface area (Å²) < 4.78 is 5.72. The molecule has 2 N–H and O–H groups in total. The van der Waals surface area contributed by atoms with Crippen LogP contribution in [0.1, 0.15) is 39.5 Å². The molecule has 0 radical (unpaired) electrons. The lowest BCUT2D eigenvalue weighted by molar-refractivity contribution is -0.123. The molecule has 1 amide bonds. The molecule has 3 atom stereocenters. The van der Waals surface area contributed by atoms with Crippen LogP contribution in [-0.4, -0.2) is 61.8 Å². The van der Waals surface area contributed by atoms with Gasteiger partial charge >= 0.3 is 0 Å². The van der Waals surface area contributed by atoms with Crippen molar-refractivity contribution in [2.24, 2.45) is 0 Å². The van der Waals surface area contributed by atoms with E-state index in [1.165, 1.54) is 6.42 Å². The molecule has 132 valence electrons. The number of rotatable bonds is 5. The highest BCUT2D eigenvalue weighted by atomic mass is 35.5. The average molecular weight is 356 g/mol. The second-order valence-corrected chi connectivity index (χ2v) is 6.16. The summed E-state index contributed by atoms with van der Waals surface area (Å²) in [6.07, 6.45) is 4.98. The van der Waals surface area contributed by atoms with Crippen LogP contribution in [0.5, 0.6) is 0 Å². The van der Waals surface area contributed by atoms with Crippen LogP contribution in [0.2, 0.25) is 0 Å². The van der Waals surface area contributed by atoms with Gasteiger partial charge in [-0.15, -0.1) is 24.8 Å². The lowest BCUT2D eigenvalue weighted by atomic mass is 10.0. The largest absolute Gasteiger partial charge is 0.373 e. The van der Waals surface area contributed by atoms with Crippen molar-refractivity contribution in [3.05, 3.63) is 0 Å². The number of nitrogens with zero attached hydrogens (tertiary/aromatic N) is 1. The van der Waals surface area contributed by atoms with Crippen LogP contribution in [0.15, 0.2) is 0 Å². The minimum absolute atomic E-state index is 0. The molecule has 0 bridgehead atoms. The maximum Gasteiger partial charge on any atom is 0.237 e. The fourth-order valence-electron chi connectivity index (χ4n) is 3.18. The molecule has 2 aliphatic heterocycles. The monoisotopic (exact) mass is 355 g/mol. The smallest absolute Gasteiger partial charge is 0.237 e. The normalized spacial score (nSPS) is 29.1. The molecule has 22 heavy (non-hydrogen) atoms. The summed E-state index contributed by atoms with van der Waals surface area (Å²) in [5.74, 6) is 0.174. The number of amides is 1. The first kappa shape index (κ1) is 21.9. The number of nitrogens with one attached hydrogen (secondary N) is 2. The summed E-state index contributed by atoms with van der Waals surface area (Å²) in [5, 5.41) is 6.34. The third-order valence-electron chi connectivity index (χ3n) is 4.07. The summed E-state index contributed by atoms with van der Waals surface area (Å²) in [6.45, 7) is 9.04. The predicted octanol–water partition coefficient (Wildman–Crippen LogP) is 1.59. The Bertz CT molecular complexity index is 305. The summed E-state index contributed by atoms with van der Waals surface area (Å²) >= 11 is 0. The van der Waals surface area contributed by atoms with E-state index in [0.29, 0.717) is 12.2 Å². The number of carbonyl (C=O) groups excluding carboxylic acids is 1. The molecular formula is C15H31Cl2N3O2. The highest BCUT2D eigenvalue weighted by Gasteiger charge is 2.22. The molecule has 0 spiro atoms. The highest BCUT2D eigenvalue weighted by Crippen LogP contribution is 2.10. The zero-order chi connectivity index (χ0) is 14.4. The zero-order valence-electron chi connectivity index (χ0n) is 13.7. The van der Waals surface area contributed by atoms with Gasteiger partial charge in [-0.05, 0) is 39.7 Å². The van der Waals surface area contributed by atoms with Crippen molar-refractivity contribution in [1.29, 1.82) is 0 Å². The molecule has 2 heterocycles. The van der Waals surface area contributed by atoms with Crippen LogP contribution >= 0.6 is 24.8 Å². The molecule has 2 rings (SSSR count). The number of morpholine rings is 1. The van der Waals surface area contributed by atoms with Crippen LogP contribution in [-0.2, 0) is 9.53 Å². The van der Waals surface area contributed by atoms with Crippen molar-refractivity contribution in [2.75, 3.05) is 32.7 Å². The molecule has 0 aliphatic carbocycles. The van der Waals surface area contributed by atoms with Gasteiger partial charge in [0.15, 0.2) is 0 Å². The zero-order valence-corrected chi connectivity index (χ0v) is 15.3. The van der Waals surface area contributed by atoms with E-state index in [9.17, 15) is 4.79 Å². The standard InChI is InChI=1S/C15H29N3O2.2ClH/c1-12-10-18(11-13(2)20-12)9-5-8-17-15(19)14-6-3-4-7-16-14;;/h12-14,16H,3-11H2,1-2H3,(H,17,19);2*1H. The van der Waals surface area contributed by atoms with E-state index in [1.54, 1.807) is 0 Å². The topological polar surface area (TPSA) is 53.6 Å². The third kappa shape index (κ3) is 7.47. The first-order valence-corrected chi connectivity index (χ1v) is 8.04. The maximum atomic E-state index is 11.9. The van der Waals surface area contributed by atoms with Gasteiger partial charge in [0, 0.05) is 26.2 Å². The van der Waals surface area contributed by atoms with Crippen LogP contribution in [0, 0.1) is 0 Å². The number of carbonyl (C=O) groups is 1. The fraction of sp³-hybridized carbons (Fsp3) is 0.933. The van der Waals surface area contributed by atoms with Crippen molar-refractivity contribution < 1.29 is 9.53 Å². The highest BCUT2D eigenvalue weighted by molar-refractivity contribution is 5.85. The fourth-order valence-corrected chi connectivity index (χ4v) is 3.18. The summed E-state index contributed by atoms with van der Waals surface area (Å²) in [6, 6.07) is 0.0344. The number of hydrogen-bond donors (Lipinski definition) is 2. The van der Waals surface area contributed by atoms with Gasteiger partial charge in [0.1, 0.15) is 0 Å². The Balaban J connectivity index is 0.00000220. The first-order valence-electron chi connectivity index (χ1n) is 8.04. The number of hydrogen-bond acceptors (Lipinski definition) is 4. The number of piperidine rings is 1. The van der Waals surface area contributed by atoms with Crippen LogP contribution in [0.25, 0.3) is 0 Å². The van der Waals surface area contributed by atoms with Crippen molar-refractivity contribution >= 4 is 30.7 Å². The molecule has 0 aromatic rings. The quantitative estimate of drug-likeness (QED) is 0.735. The van der Waals surface area contributed by atoms with Crippen molar-refractivity contribution in [3.8, 4) is 0 Å². The maximum absolute atomic E-state index is 11.9. The Labute approximate surface area is 146 Å². The first-order chi connectivity index (χ1) is 9.65. The van der Waals surface area contributed by atoms with E-state index < -0.39 is 0 Å². The minimum atomic E-state index is 0. The van der Waals surface area contributed by atoms with Crippen molar-refractivity contribution in [3.63, 3.8) is 0 Å².